The summed E-state index contributed by atoms with van der Waals surface area (Å²) in [5.74, 6) is 2.06. The average Bonchev–Trinajstić information content (AvgIpc) is 3.55. The number of fused-ring (bicyclic) bond motifs is 7. The van der Waals surface area contributed by atoms with Crippen LogP contribution in [0.5, 0.6) is 17.2 Å². The zero-order valence-corrected chi connectivity index (χ0v) is 18.1. The third kappa shape index (κ3) is 3.06. The van der Waals surface area contributed by atoms with Crippen molar-refractivity contribution >= 4 is 27.5 Å². The first-order valence-corrected chi connectivity index (χ1v) is 11.2. The predicted octanol–water partition coefficient (Wildman–Crippen LogP) is 4.85. The maximum atomic E-state index is 12.3. The molecule has 0 aromatic heterocycles. The minimum atomic E-state index is -0.110. The molecule has 2 aliphatic heterocycles. The number of carbonyl (C=O) groups excluding carboxylic acids is 1. The smallest absolute Gasteiger partial charge is 0.314 e. The van der Waals surface area contributed by atoms with Gasteiger partial charge in [-0.15, -0.1) is 0 Å². The van der Waals surface area contributed by atoms with Gasteiger partial charge >= 0.3 is 5.97 Å². The van der Waals surface area contributed by atoms with E-state index < -0.39 is 0 Å². The van der Waals surface area contributed by atoms with Gasteiger partial charge in [-0.3, -0.25) is 9.69 Å². The third-order valence-corrected chi connectivity index (χ3v) is 7.25. The topological polar surface area (TPSA) is 48.0 Å². The highest BCUT2D eigenvalue weighted by Crippen LogP contribution is 2.44. The van der Waals surface area contributed by atoms with E-state index in [1.165, 1.54) is 41.3 Å². The van der Waals surface area contributed by atoms with Crippen LogP contribution in [0.3, 0.4) is 0 Å². The molecule has 0 radical (unpaired) electrons. The average molecular weight is 418 g/mol. The highest BCUT2D eigenvalue weighted by molar-refractivity contribution is 6.12. The minimum Gasteiger partial charge on any atom is -0.493 e. The van der Waals surface area contributed by atoms with Gasteiger partial charge in [-0.2, -0.15) is 0 Å². The molecule has 1 saturated heterocycles. The second kappa shape index (κ2) is 7.13. The van der Waals surface area contributed by atoms with Gasteiger partial charge in [0.1, 0.15) is 5.75 Å². The molecule has 0 unspecified atom stereocenters. The molecule has 3 aromatic rings. The zero-order valence-electron chi connectivity index (χ0n) is 18.1. The number of methoxy groups -OCH3 is 2. The number of ether oxygens (including phenoxy) is 3. The molecular formula is C26H27NO4. The Balaban J connectivity index is 1.59. The van der Waals surface area contributed by atoms with Crippen molar-refractivity contribution in [2.24, 2.45) is 5.92 Å². The fourth-order valence-electron chi connectivity index (χ4n) is 5.45. The number of esters is 1. The Morgan fingerprint density at radius 3 is 2.39 bits per heavy atom. The molecule has 1 atom stereocenters. The summed E-state index contributed by atoms with van der Waals surface area (Å²) < 4.78 is 17.0. The summed E-state index contributed by atoms with van der Waals surface area (Å²) in [7, 11) is 3.36. The lowest BCUT2D eigenvalue weighted by molar-refractivity contribution is -0.135. The van der Waals surface area contributed by atoms with Crippen molar-refractivity contribution in [1.29, 1.82) is 0 Å². The highest BCUT2D eigenvalue weighted by atomic mass is 16.5. The van der Waals surface area contributed by atoms with Gasteiger partial charge in [0, 0.05) is 12.6 Å². The molecule has 0 amide bonds. The summed E-state index contributed by atoms with van der Waals surface area (Å²) in [4.78, 5) is 14.9. The van der Waals surface area contributed by atoms with E-state index in [4.69, 9.17) is 14.2 Å². The number of rotatable bonds is 4. The molecular weight excluding hydrogens is 390 g/mol. The van der Waals surface area contributed by atoms with Gasteiger partial charge in [-0.1, -0.05) is 6.07 Å². The van der Waals surface area contributed by atoms with Gasteiger partial charge in [-0.05, 0) is 95.6 Å². The number of hydrogen-bond acceptors (Lipinski definition) is 5. The van der Waals surface area contributed by atoms with E-state index in [1.54, 1.807) is 14.2 Å². The zero-order chi connectivity index (χ0) is 21.1. The van der Waals surface area contributed by atoms with Gasteiger partial charge in [0.05, 0.1) is 20.1 Å². The van der Waals surface area contributed by atoms with E-state index in [9.17, 15) is 4.79 Å². The third-order valence-electron chi connectivity index (χ3n) is 7.25. The Hall–Kier alpha value is -2.79. The maximum Gasteiger partial charge on any atom is 0.314 e. The number of carbonyl (C=O) groups is 1. The Kier molecular flexibility index (Phi) is 4.35. The van der Waals surface area contributed by atoms with E-state index in [0.717, 1.165) is 48.1 Å². The van der Waals surface area contributed by atoms with E-state index >= 15 is 0 Å². The second-order valence-corrected chi connectivity index (χ2v) is 9.08. The van der Waals surface area contributed by atoms with Gasteiger partial charge in [-0.25, -0.2) is 0 Å². The lowest BCUT2D eigenvalue weighted by Gasteiger charge is -2.33. The molecule has 5 nitrogen and oxygen atoms in total. The summed E-state index contributed by atoms with van der Waals surface area (Å²) in [5, 5.41) is 4.69. The first-order valence-electron chi connectivity index (χ1n) is 11.2. The summed E-state index contributed by atoms with van der Waals surface area (Å²) in [5.41, 5.74) is 2.82. The molecule has 5 heteroatoms. The van der Waals surface area contributed by atoms with Crippen molar-refractivity contribution in [1.82, 2.24) is 4.90 Å². The molecule has 0 bridgehead atoms. The van der Waals surface area contributed by atoms with Crippen LogP contribution in [-0.2, 0) is 17.8 Å². The van der Waals surface area contributed by atoms with E-state index in [1.807, 2.05) is 12.1 Å². The monoisotopic (exact) mass is 417 g/mol. The predicted molar refractivity (Wildman–Crippen MR) is 120 cm³/mol. The summed E-state index contributed by atoms with van der Waals surface area (Å²) in [6, 6.07) is 10.9. The number of benzene rings is 3. The van der Waals surface area contributed by atoms with E-state index in [0.29, 0.717) is 11.8 Å². The Labute approximate surface area is 181 Å². The Bertz CT molecular complexity index is 1210. The van der Waals surface area contributed by atoms with Crippen LogP contribution in [0.1, 0.15) is 36.8 Å². The van der Waals surface area contributed by atoms with Crippen LogP contribution in [0.25, 0.3) is 21.5 Å². The van der Waals surface area contributed by atoms with Crippen LogP contribution in [0.4, 0.5) is 0 Å². The summed E-state index contributed by atoms with van der Waals surface area (Å²) >= 11 is 0. The maximum absolute atomic E-state index is 12.3. The lowest BCUT2D eigenvalue weighted by Crippen LogP contribution is -2.35. The van der Waals surface area contributed by atoms with E-state index in [-0.39, 0.29) is 11.9 Å². The second-order valence-electron chi connectivity index (χ2n) is 9.08. The molecule has 6 rings (SSSR count). The van der Waals surface area contributed by atoms with Crippen LogP contribution in [0.2, 0.25) is 0 Å². The van der Waals surface area contributed by atoms with Crippen LogP contribution >= 0.6 is 0 Å². The molecule has 0 spiro atoms. The first kappa shape index (κ1) is 18.9. The number of nitrogens with zero attached hydrogens (tertiary/aromatic N) is 1. The normalized spacial score (nSPS) is 20.5. The van der Waals surface area contributed by atoms with E-state index in [2.05, 4.69) is 23.1 Å². The number of hydrogen-bond donors (Lipinski definition) is 0. The van der Waals surface area contributed by atoms with Crippen LogP contribution in [0.15, 0.2) is 30.3 Å². The van der Waals surface area contributed by atoms with Crippen molar-refractivity contribution in [3.05, 3.63) is 41.5 Å². The standard InChI is InChI=1S/C26H27NO4/c1-29-24-12-21-19-10-16-4-3-9-27(16)14-23(19)18-8-7-17(31-26(28)15-5-6-15)11-20(18)22(21)13-25(24)30-2/h7-8,11-13,15-16H,3-6,9-10,14H2,1-2H3/t16-/m1/s1. The summed E-state index contributed by atoms with van der Waals surface area (Å²) in [6.45, 7) is 2.15. The fraction of sp³-hybridized carbons (Fsp3) is 0.423. The SMILES string of the molecule is COc1cc2c3c(c4ccc(OC(=O)C5CC5)cc4c2cc1OC)CN1CCC[C@@H]1C3. The molecule has 31 heavy (non-hydrogen) atoms. The molecule has 0 N–H and O–H groups in total. The largest absolute Gasteiger partial charge is 0.493 e. The quantitative estimate of drug-likeness (QED) is 0.345. The fourth-order valence-corrected chi connectivity index (χ4v) is 5.45. The highest BCUT2D eigenvalue weighted by Gasteiger charge is 2.33. The Morgan fingerprint density at radius 2 is 1.65 bits per heavy atom. The molecule has 3 aliphatic rings. The summed E-state index contributed by atoms with van der Waals surface area (Å²) in [6.07, 6.45) is 5.48. The molecule has 2 heterocycles. The van der Waals surface area contributed by atoms with Crippen LogP contribution in [0, 0.1) is 5.92 Å². The van der Waals surface area contributed by atoms with Crippen molar-refractivity contribution < 1.29 is 19.0 Å². The van der Waals surface area contributed by atoms with Crippen molar-refractivity contribution in [3.63, 3.8) is 0 Å². The van der Waals surface area contributed by atoms with Crippen molar-refractivity contribution in [3.8, 4) is 17.2 Å². The van der Waals surface area contributed by atoms with Gasteiger partial charge in [0.15, 0.2) is 11.5 Å². The molecule has 1 saturated carbocycles. The van der Waals surface area contributed by atoms with Gasteiger partial charge in [0.2, 0.25) is 0 Å². The molecule has 2 fully saturated rings. The van der Waals surface area contributed by atoms with Crippen LogP contribution in [-0.4, -0.2) is 37.7 Å². The Morgan fingerprint density at radius 1 is 0.903 bits per heavy atom. The van der Waals surface area contributed by atoms with Crippen molar-refractivity contribution in [2.45, 2.75) is 44.7 Å². The molecule has 3 aromatic carbocycles. The molecule has 160 valence electrons. The lowest BCUT2D eigenvalue weighted by atomic mass is 9.85. The first-order chi connectivity index (χ1) is 15.2. The van der Waals surface area contributed by atoms with Crippen LogP contribution < -0.4 is 14.2 Å². The van der Waals surface area contributed by atoms with Gasteiger partial charge < -0.3 is 14.2 Å². The van der Waals surface area contributed by atoms with Crippen molar-refractivity contribution in [2.75, 3.05) is 20.8 Å². The van der Waals surface area contributed by atoms with Gasteiger partial charge in [0.25, 0.3) is 0 Å². The molecule has 1 aliphatic carbocycles. The minimum absolute atomic E-state index is 0.0763.